The summed E-state index contributed by atoms with van der Waals surface area (Å²) in [6, 6.07) is -0.469. The van der Waals surface area contributed by atoms with Crippen LogP contribution in [0.5, 0.6) is 0 Å². The van der Waals surface area contributed by atoms with Gasteiger partial charge in [0.1, 0.15) is 5.60 Å². The summed E-state index contributed by atoms with van der Waals surface area (Å²) in [6.45, 7) is 5.05. The van der Waals surface area contributed by atoms with E-state index in [2.05, 4.69) is 30.9 Å². The molecule has 29 heavy (non-hydrogen) atoms. The van der Waals surface area contributed by atoms with Gasteiger partial charge in [-0.2, -0.15) is 4.98 Å². The first-order valence-corrected chi connectivity index (χ1v) is 9.42. The molecular weight excluding hydrogens is 407 g/mol. The molecule has 1 saturated carbocycles. The Labute approximate surface area is 172 Å². The molecule has 0 spiro atoms. The molecule has 1 fully saturated rings. The average molecular weight is 431 g/mol. The second kappa shape index (κ2) is 9.68. The molecule has 1 heterocycles. The second-order valence-electron chi connectivity index (χ2n) is 7.53. The van der Waals surface area contributed by atoms with Crippen molar-refractivity contribution in [3.63, 3.8) is 0 Å². The molecule has 1 aromatic heterocycles. The lowest BCUT2D eigenvalue weighted by atomic mass is 9.91. The van der Waals surface area contributed by atoms with E-state index in [0.717, 1.165) is 19.0 Å². The molecule has 160 valence electrons. The molecule has 10 nitrogen and oxygen atoms in total. The predicted molar refractivity (Wildman–Crippen MR) is 105 cm³/mol. The fraction of sp³-hybridized carbons (Fsp3) is 0.588. The van der Waals surface area contributed by atoms with Gasteiger partial charge in [-0.15, -0.1) is 0 Å². The predicted octanol–water partition coefficient (Wildman–Crippen LogP) is 3.14. The lowest BCUT2D eigenvalue weighted by Crippen LogP contribution is -2.46. The lowest BCUT2D eigenvalue weighted by molar-refractivity contribution is 0.0561. The number of hydrogen-bond donors (Lipinski definition) is 4. The minimum Gasteiger partial charge on any atom is -0.465 e. The van der Waals surface area contributed by atoms with Crippen LogP contribution in [0.25, 0.3) is 0 Å². The van der Waals surface area contributed by atoms with E-state index in [4.69, 9.17) is 21.4 Å². The lowest BCUT2D eigenvalue weighted by Gasteiger charge is -2.28. The molecule has 12 heteroatoms. The Hall–Kier alpha value is -2.69. The van der Waals surface area contributed by atoms with Crippen LogP contribution in [-0.4, -0.2) is 50.9 Å². The van der Waals surface area contributed by atoms with Crippen LogP contribution in [-0.2, 0) is 4.74 Å². The summed E-state index contributed by atoms with van der Waals surface area (Å²) >= 11 is 5.71. The zero-order chi connectivity index (χ0) is 21.6. The highest BCUT2D eigenvalue weighted by Crippen LogP contribution is 2.25. The number of nitrogens with one attached hydrogen (secondary N) is 3. The van der Waals surface area contributed by atoms with Gasteiger partial charge in [0.25, 0.3) is 0 Å². The molecular formula is C17H24ClFN6O4. The zero-order valence-electron chi connectivity index (χ0n) is 16.3. The quantitative estimate of drug-likeness (QED) is 0.328. The van der Waals surface area contributed by atoms with E-state index in [1.807, 2.05) is 0 Å². The summed E-state index contributed by atoms with van der Waals surface area (Å²) < 4.78 is 19.0. The van der Waals surface area contributed by atoms with Gasteiger partial charge in [0, 0.05) is 6.04 Å². The second-order valence-corrected chi connectivity index (χ2v) is 7.87. The Bertz CT molecular complexity index is 786. The minimum absolute atomic E-state index is 0.00426. The van der Waals surface area contributed by atoms with Crippen LogP contribution in [0.1, 0.15) is 46.5 Å². The van der Waals surface area contributed by atoms with Crippen LogP contribution in [0.4, 0.5) is 19.8 Å². The van der Waals surface area contributed by atoms with Crippen LogP contribution < -0.4 is 16.0 Å². The van der Waals surface area contributed by atoms with Gasteiger partial charge in [0.2, 0.25) is 11.2 Å². The molecule has 0 saturated heterocycles. The first-order chi connectivity index (χ1) is 13.5. The standard InChI is InChI=1S/C17H24ClFN6O4/c1-17(2,3)29-16(28)25-14(24-15(26)27)22-10-6-4-5-9(7-10)21-12-11(19)8-20-13(18)23-12/h8-10H,4-7H2,1-3H3,(H,26,27)(H,20,21,23)(H2,22,24,25,28)/t9-,10+/m0/s1. The number of aromatic nitrogens is 2. The van der Waals surface area contributed by atoms with Gasteiger partial charge in [-0.3, -0.25) is 10.6 Å². The molecule has 4 N–H and O–H groups in total. The third-order valence-electron chi connectivity index (χ3n) is 3.86. The monoisotopic (exact) mass is 430 g/mol. The first kappa shape index (κ1) is 22.6. The highest BCUT2D eigenvalue weighted by atomic mass is 35.5. The van der Waals surface area contributed by atoms with Crippen molar-refractivity contribution in [2.75, 3.05) is 5.32 Å². The summed E-state index contributed by atoms with van der Waals surface area (Å²) in [5, 5.41) is 16.3. The number of hydrogen-bond acceptors (Lipinski definition) is 7. The van der Waals surface area contributed by atoms with E-state index < -0.39 is 23.6 Å². The van der Waals surface area contributed by atoms with Crippen molar-refractivity contribution in [3.05, 3.63) is 17.3 Å². The Balaban J connectivity index is 2.06. The molecule has 2 rings (SSSR count). The maximum Gasteiger partial charge on any atom is 0.414 e. The van der Waals surface area contributed by atoms with E-state index in [9.17, 15) is 14.0 Å². The number of aliphatic imine (C=N–C) groups is 1. The molecule has 0 aliphatic heterocycles. The number of nitrogens with zero attached hydrogens (tertiary/aromatic N) is 3. The summed E-state index contributed by atoms with van der Waals surface area (Å²) in [4.78, 5) is 34.7. The van der Waals surface area contributed by atoms with Crippen molar-refractivity contribution < 1.29 is 23.8 Å². The Morgan fingerprint density at radius 2 is 2.07 bits per heavy atom. The first-order valence-electron chi connectivity index (χ1n) is 9.04. The van der Waals surface area contributed by atoms with E-state index >= 15 is 0 Å². The number of ether oxygens (including phenoxy) is 1. The summed E-state index contributed by atoms with van der Waals surface area (Å²) in [5.74, 6) is -0.857. The van der Waals surface area contributed by atoms with E-state index in [1.54, 1.807) is 20.8 Å². The molecule has 1 aliphatic rings. The summed E-state index contributed by atoms with van der Waals surface area (Å²) in [6.07, 6.45) is 1.44. The third-order valence-corrected chi connectivity index (χ3v) is 4.04. The normalized spacial score (nSPS) is 20.0. The number of amides is 2. The molecule has 2 amide bonds. The van der Waals surface area contributed by atoms with Crippen molar-refractivity contribution in [2.24, 2.45) is 4.99 Å². The van der Waals surface area contributed by atoms with Gasteiger partial charge in [0.05, 0.1) is 12.2 Å². The molecule has 0 aromatic carbocycles. The van der Waals surface area contributed by atoms with Crippen molar-refractivity contribution in [3.8, 4) is 0 Å². The Morgan fingerprint density at radius 1 is 1.34 bits per heavy atom. The maximum atomic E-state index is 13.8. The summed E-state index contributed by atoms with van der Waals surface area (Å²) in [7, 11) is 0. The van der Waals surface area contributed by atoms with Gasteiger partial charge < -0.3 is 15.2 Å². The van der Waals surface area contributed by atoms with Gasteiger partial charge in [-0.25, -0.2) is 24.0 Å². The van der Waals surface area contributed by atoms with E-state index in [-0.39, 0.29) is 29.1 Å². The maximum absolute atomic E-state index is 13.8. The van der Waals surface area contributed by atoms with Crippen molar-refractivity contribution in [2.45, 2.75) is 64.1 Å². The topological polar surface area (TPSA) is 138 Å². The number of carbonyl (C=O) groups excluding carboxylic acids is 1. The van der Waals surface area contributed by atoms with Crippen molar-refractivity contribution in [1.82, 2.24) is 20.6 Å². The third kappa shape index (κ3) is 8.06. The molecule has 2 atom stereocenters. The number of guanidine groups is 1. The number of carbonyl (C=O) groups is 2. The van der Waals surface area contributed by atoms with Gasteiger partial charge in [-0.1, -0.05) is 0 Å². The molecule has 1 aliphatic carbocycles. The Morgan fingerprint density at radius 3 is 2.72 bits per heavy atom. The van der Waals surface area contributed by atoms with Gasteiger partial charge >= 0.3 is 12.2 Å². The number of anilines is 1. The van der Waals surface area contributed by atoms with Crippen LogP contribution in [0.2, 0.25) is 5.28 Å². The highest BCUT2D eigenvalue weighted by Gasteiger charge is 2.25. The van der Waals surface area contributed by atoms with E-state index in [1.165, 1.54) is 0 Å². The Kier molecular flexibility index (Phi) is 7.54. The van der Waals surface area contributed by atoms with Crippen LogP contribution >= 0.6 is 11.6 Å². The fourth-order valence-electron chi connectivity index (χ4n) is 2.83. The van der Waals surface area contributed by atoms with Crippen LogP contribution in [0.15, 0.2) is 11.2 Å². The summed E-state index contributed by atoms with van der Waals surface area (Å²) in [5.41, 5.74) is -0.749. The molecule has 0 unspecified atom stereocenters. The molecule has 0 bridgehead atoms. The van der Waals surface area contributed by atoms with Gasteiger partial charge in [0.15, 0.2) is 11.6 Å². The number of rotatable bonds is 3. The number of carboxylic acid groups (broad SMARTS) is 1. The zero-order valence-corrected chi connectivity index (χ0v) is 17.1. The van der Waals surface area contributed by atoms with E-state index in [0.29, 0.717) is 12.8 Å². The molecule has 1 aromatic rings. The highest BCUT2D eigenvalue weighted by molar-refractivity contribution is 6.28. The van der Waals surface area contributed by atoms with Crippen LogP contribution in [0.3, 0.4) is 0 Å². The molecule has 0 radical (unpaired) electrons. The smallest absolute Gasteiger partial charge is 0.414 e. The fourth-order valence-corrected chi connectivity index (χ4v) is 2.97. The SMILES string of the molecule is CC(C)(C)OC(=O)NC(=N[C@@H]1CCC[C@H](Nc2nc(Cl)ncc2F)C1)NC(=O)O. The largest absolute Gasteiger partial charge is 0.465 e. The van der Waals surface area contributed by atoms with Crippen molar-refractivity contribution >= 4 is 35.6 Å². The average Bonchev–Trinajstić information content (AvgIpc) is 2.56. The van der Waals surface area contributed by atoms with Crippen LogP contribution in [0, 0.1) is 5.82 Å². The van der Waals surface area contributed by atoms with Crippen molar-refractivity contribution in [1.29, 1.82) is 0 Å². The number of alkyl carbamates (subject to hydrolysis) is 1. The minimum atomic E-state index is -1.37. The number of halogens is 2. The van der Waals surface area contributed by atoms with Gasteiger partial charge in [-0.05, 0) is 58.1 Å².